The smallest absolute Gasteiger partial charge is 0.326 e. The van der Waals surface area contributed by atoms with Crippen molar-refractivity contribution >= 4 is 5.65 Å². The molecule has 2 N–H and O–H groups in total. The molecule has 2 heterocycles. The van der Waals surface area contributed by atoms with E-state index < -0.39 is 0 Å². The van der Waals surface area contributed by atoms with Crippen molar-refractivity contribution in [2.24, 2.45) is 5.73 Å². The fourth-order valence-corrected chi connectivity index (χ4v) is 1.36. The van der Waals surface area contributed by atoms with Crippen molar-refractivity contribution in [2.75, 3.05) is 0 Å². The van der Waals surface area contributed by atoms with Crippen LogP contribution < -0.4 is 11.4 Å². The molecular weight excluding hydrogens is 180 g/mol. The van der Waals surface area contributed by atoms with Crippen molar-refractivity contribution in [3.63, 3.8) is 0 Å². The van der Waals surface area contributed by atoms with Gasteiger partial charge in [-0.15, -0.1) is 5.10 Å². The summed E-state index contributed by atoms with van der Waals surface area (Å²) in [6, 6.07) is 5.36. The highest BCUT2D eigenvalue weighted by molar-refractivity contribution is 5.35. The Morgan fingerprint density at radius 1 is 1.57 bits per heavy atom. The molecule has 1 atom stereocenters. The quantitative estimate of drug-likeness (QED) is 0.719. The molecule has 1 unspecified atom stereocenters. The molecule has 0 aliphatic heterocycles. The minimum absolute atomic E-state index is 0.0717. The van der Waals surface area contributed by atoms with Crippen LogP contribution >= 0.6 is 0 Å². The van der Waals surface area contributed by atoms with E-state index in [1.807, 2.05) is 13.0 Å². The Morgan fingerprint density at radius 3 is 3.00 bits per heavy atom. The Labute approximate surface area is 80.8 Å². The van der Waals surface area contributed by atoms with Gasteiger partial charge in [0, 0.05) is 12.2 Å². The first-order chi connectivity index (χ1) is 6.68. The number of nitrogens with two attached hydrogens (primary N) is 1. The second-order valence-electron chi connectivity index (χ2n) is 3.37. The summed E-state index contributed by atoms with van der Waals surface area (Å²) in [6.45, 7) is 2.29. The molecule has 2 aromatic rings. The predicted octanol–water partition coefficient (Wildman–Crippen LogP) is -0.157. The minimum Gasteiger partial charge on any atom is -0.326 e. The van der Waals surface area contributed by atoms with E-state index >= 15 is 0 Å². The van der Waals surface area contributed by atoms with E-state index in [-0.39, 0.29) is 11.7 Å². The van der Waals surface area contributed by atoms with Gasteiger partial charge in [-0.2, -0.15) is 0 Å². The molecule has 5 nitrogen and oxygen atoms in total. The molecular formula is C9H12N4O. The Hall–Kier alpha value is -1.62. The molecule has 0 aromatic carbocycles. The number of fused-ring (bicyclic) bond motifs is 1. The summed E-state index contributed by atoms with van der Waals surface area (Å²) in [5, 5.41) is 4.14. The molecule has 0 spiro atoms. The molecule has 2 rings (SSSR count). The summed E-state index contributed by atoms with van der Waals surface area (Å²) in [5.41, 5.74) is 6.12. The van der Waals surface area contributed by atoms with Crippen molar-refractivity contribution in [1.82, 2.24) is 14.2 Å². The summed E-state index contributed by atoms with van der Waals surface area (Å²) in [7, 11) is 0. The molecule has 5 heteroatoms. The molecule has 0 fully saturated rings. The molecule has 0 saturated heterocycles. The van der Waals surface area contributed by atoms with Gasteiger partial charge >= 0.3 is 5.69 Å². The van der Waals surface area contributed by atoms with Crippen molar-refractivity contribution < 1.29 is 0 Å². The van der Waals surface area contributed by atoms with E-state index in [1.54, 1.807) is 18.3 Å². The van der Waals surface area contributed by atoms with Crippen molar-refractivity contribution in [2.45, 2.75) is 19.5 Å². The van der Waals surface area contributed by atoms with E-state index in [0.717, 1.165) is 0 Å². The summed E-state index contributed by atoms with van der Waals surface area (Å²) in [4.78, 5) is 11.7. The van der Waals surface area contributed by atoms with Gasteiger partial charge in [0.05, 0.1) is 6.54 Å². The number of pyridine rings is 1. The topological polar surface area (TPSA) is 65.3 Å². The first kappa shape index (κ1) is 8.96. The lowest BCUT2D eigenvalue weighted by molar-refractivity contribution is 0.523. The first-order valence-corrected chi connectivity index (χ1v) is 4.48. The van der Waals surface area contributed by atoms with Crippen LogP contribution in [0.3, 0.4) is 0 Å². The lowest BCUT2D eigenvalue weighted by atomic mass is 10.4. The summed E-state index contributed by atoms with van der Waals surface area (Å²) >= 11 is 0. The first-order valence-electron chi connectivity index (χ1n) is 4.48. The molecule has 74 valence electrons. The average Bonchev–Trinajstić information content (AvgIpc) is 2.44. The van der Waals surface area contributed by atoms with Gasteiger partial charge < -0.3 is 5.73 Å². The Bertz CT molecular complexity index is 497. The Morgan fingerprint density at radius 2 is 2.36 bits per heavy atom. The molecule has 0 aliphatic rings. The highest BCUT2D eigenvalue weighted by Crippen LogP contribution is 1.95. The van der Waals surface area contributed by atoms with Crippen LogP contribution in [0, 0.1) is 0 Å². The second-order valence-corrected chi connectivity index (χ2v) is 3.37. The third kappa shape index (κ3) is 1.42. The van der Waals surface area contributed by atoms with Crippen LogP contribution in [0.25, 0.3) is 5.65 Å². The van der Waals surface area contributed by atoms with Crippen LogP contribution in [-0.2, 0) is 6.54 Å². The van der Waals surface area contributed by atoms with Gasteiger partial charge in [-0.3, -0.25) is 4.40 Å². The minimum atomic E-state index is -0.141. The number of rotatable bonds is 2. The molecule has 0 bridgehead atoms. The SMILES string of the molecule is CC(N)Cn1nc2ccccn2c1=O. The lowest BCUT2D eigenvalue weighted by Gasteiger charge is -2.01. The number of hydrogen-bond donors (Lipinski definition) is 1. The van der Waals surface area contributed by atoms with Crippen molar-refractivity contribution in [1.29, 1.82) is 0 Å². The fraction of sp³-hybridized carbons (Fsp3) is 0.333. The third-order valence-electron chi connectivity index (χ3n) is 1.95. The van der Waals surface area contributed by atoms with Gasteiger partial charge in [0.1, 0.15) is 0 Å². The summed E-state index contributed by atoms with van der Waals surface area (Å²) in [5.74, 6) is 0. The maximum Gasteiger partial charge on any atom is 0.350 e. The standard InChI is InChI=1S/C9H12N4O/c1-7(10)6-13-9(14)12-5-3-2-4-8(12)11-13/h2-5,7H,6,10H2,1H3. The van der Waals surface area contributed by atoms with E-state index in [9.17, 15) is 4.79 Å². The van der Waals surface area contributed by atoms with Gasteiger partial charge in [-0.1, -0.05) is 6.07 Å². The molecule has 0 saturated carbocycles. The Kier molecular flexibility index (Phi) is 2.09. The average molecular weight is 192 g/mol. The number of hydrogen-bond acceptors (Lipinski definition) is 3. The van der Waals surface area contributed by atoms with Crippen molar-refractivity contribution in [3.8, 4) is 0 Å². The summed E-state index contributed by atoms with van der Waals surface area (Å²) < 4.78 is 2.89. The van der Waals surface area contributed by atoms with Crippen LogP contribution in [0.2, 0.25) is 0 Å². The van der Waals surface area contributed by atoms with Crippen LogP contribution in [0.5, 0.6) is 0 Å². The zero-order valence-corrected chi connectivity index (χ0v) is 7.92. The van der Waals surface area contributed by atoms with E-state index in [0.29, 0.717) is 12.2 Å². The van der Waals surface area contributed by atoms with Gasteiger partial charge in [-0.25, -0.2) is 9.48 Å². The second kappa shape index (κ2) is 3.26. The van der Waals surface area contributed by atoms with E-state index in [2.05, 4.69) is 5.10 Å². The molecule has 0 aliphatic carbocycles. The van der Waals surface area contributed by atoms with Crippen LogP contribution in [0.15, 0.2) is 29.2 Å². The number of aromatic nitrogens is 3. The number of nitrogens with zero attached hydrogens (tertiary/aromatic N) is 3. The maximum atomic E-state index is 11.7. The molecule has 2 aromatic heterocycles. The molecule has 0 radical (unpaired) electrons. The normalized spacial score (nSPS) is 13.3. The highest BCUT2D eigenvalue weighted by Gasteiger charge is 2.06. The molecule has 14 heavy (non-hydrogen) atoms. The van der Waals surface area contributed by atoms with Crippen LogP contribution in [0.4, 0.5) is 0 Å². The summed E-state index contributed by atoms with van der Waals surface area (Å²) in [6.07, 6.45) is 1.70. The van der Waals surface area contributed by atoms with Crippen molar-refractivity contribution in [3.05, 3.63) is 34.9 Å². The van der Waals surface area contributed by atoms with E-state index in [1.165, 1.54) is 9.08 Å². The monoisotopic (exact) mass is 192 g/mol. The largest absolute Gasteiger partial charge is 0.350 e. The van der Waals surface area contributed by atoms with Crippen LogP contribution in [0.1, 0.15) is 6.92 Å². The predicted molar refractivity (Wildman–Crippen MR) is 53.1 cm³/mol. The van der Waals surface area contributed by atoms with Gasteiger partial charge in [0.2, 0.25) is 0 Å². The fourth-order valence-electron chi connectivity index (χ4n) is 1.36. The van der Waals surface area contributed by atoms with Crippen LogP contribution in [-0.4, -0.2) is 20.2 Å². The van der Waals surface area contributed by atoms with Gasteiger partial charge in [0.25, 0.3) is 0 Å². The van der Waals surface area contributed by atoms with Gasteiger partial charge in [-0.05, 0) is 19.1 Å². The maximum absolute atomic E-state index is 11.7. The van der Waals surface area contributed by atoms with Gasteiger partial charge in [0.15, 0.2) is 5.65 Å². The zero-order valence-electron chi connectivity index (χ0n) is 7.92. The highest BCUT2D eigenvalue weighted by atomic mass is 16.2. The third-order valence-corrected chi connectivity index (χ3v) is 1.95. The zero-order chi connectivity index (χ0) is 10.1. The Balaban J connectivity index is 2.57. The van der Waals surface area contributed by atoms with E-state index in [4.69, 9.17) is 5.73 Å². The lowest BCUT2D eigenvalue weighted by Crippen LogP contribution is -2.30. The molecule has 0 amide bonds.